The third-order valence-electron chi connectivity index (χ3n) is 3.30. The number of benzene rings is 1. The van der Waals surface area contributed by atoms with Gasteiger partial charge in [0.05, 0.1) is 26.9 Å². The molecule has 0 aliphatic carbocycles. The molecule has 0 unspecified atom stereocenters. The topological polar surface area (TPSA) is 56.7 Å². The number of aromatic nitrogens is 3. The minimum Gasteiger partial charge on any atom is -0.393 e. The van der Waals surface area contributed by atoms with Crippen molar-refractivity contribution < 1.29 is 0 Å². The van der Waals surface area contributed by atoms with E-state index in [1.807, 2.05) is 42.1 Å². The highest BCUT2D eigenvalue weighted by Gasteiger charge is 2.12. The van der Waals surface area contributed by atoms with E-state index in [1.165, 1.54) is 0 Å². The normalized spacial score (nSPS) is 11.0. The van der Waals surface area contributed by atoms with Crippen LogP contribution >= 0.6 is 23.8 Å². The summed E-state index contributed by atoms with van der Waals surface area (Å²) in [5, 5.41) is 6.12. The van der Waals surface area contributed by atoms with E-state index in [9.17, 15) is 0 Å². The van der Waals surface area contributed by atoms with Crippen molar-refractivity contribution in [2.24, 2.45) is 12.8 Å². The van der Waals surface area contributed by atoms with Gasteiger partial charge in [-0.1, -0.05) is 29.9 Å². The number of nitrogens with two attached hydrogens (primary N) is 1. The summed E-state index contributed by atoms with van der Waals surface area (Å²) in [5.41, 5.74) is 9.25. The maximum Gasteiger partial charge on any atom is 0.0888 e. The average molecular weight is 317 g/mol. The molecule has 0 amide bonds. The maximum absolute atomic E-state index is 6.22. The van der Waals surface area contributed by atoms with Gasteiger partial charge in [0.1, 0.15) is 0 Å². The van der Waals surface area contributed by atoms with Crippen molar-refractivity contribution in [3.63, 3.8) is 0 Å². The molecule has 21 heavy (non-hydrogen) atoms. The van der Waals surface area contributed by atoms with Gasteiger partial charge in [-0.05, 0) is 24.3 Å². The molecular formula is C15H13ClN4S. The number of fused-ring (bicyclic) bond motifs is 1. The molecule has 0 spiro atoms. The molecule has 0 radical (unpaired) electrons. The summed E-state index contributed by atoms with van der Waals surface area (Å²) in [6.07, 6.45) is 2.21. The van der Waals surface area contributed by atoms with Crippen molar-refractivity contribution in [3.05, 3.63) is 47.2 Å². The first kappa shape index (κ1) is 14.0. The van der Waals surface area contributed by atoms with Gasteiger partial charge in [-0.25, -0.2) is 0 Å². The van der Waals surface area contributed by atoms with Crippen molar-refractivity contribution >= 4 is 39.7 Å². The van der Waals surface area contributed by atoms with E-state index in [4.69, 9.17) is 29.6 Å². The third kappa shape index (κ3) is 2.62. The first-order valence-corrected chi connectivity index (χ1v) is 7.19. The quantitative estimate of drug-likeness (QED) is 0.754. The number of hydrogen-bond donors (Lipinski definition) is 1. The van der Waals surface area contributed by atoms with E-state index < -0.39 is 0 Å². The van der Waals surface area contributed by atoms with Crippen LogP contribution in [0.3, 0.4) is 0 Å². The Kier molecular flexibility index (Phi) is 3.61. The second kappa shape index (κ2) is 5.42. The standard InChI is InChI=1S/C15H13ClN4S/c1-20-13-5-4-9(15-11(16)3-2-6-18-15)7-10(13)12(19-20)8-14(17)21/h2-7H,8H2,1H3,(H2,17,21). The molecule has 0 aliphatic heterocycles. The van der Waals surface area contributed by atoms with Crippen molar-refractivity contribution in [2.45, 2.75) is 6.42 Å². The summed E-state index contributed by atoms with van der Waals surface area (Å²) in [6.45, 7) is 0. The zero-order valence-electron chi connectivity index (χ0n) is 11.4. The van der Waals surface area contributed by atoms with Crippen LogP contribution in [0.25, 0.3) is 22.2 Å². The van der Waals surface area contributed by atoms with Crippen molar-refractivity contribution in [1.82, 2.24) is 14.8 Å². The number of hydrogen-bond acceptors (Lipinski definition) is 3. The van der Waals surface area contributed by atoms with Crippen LogP contribution in [-0.4, -0.2) is 19.8 Å². The first-order chi connectivity index (χ1) is 10.1. The molecule has 3 aromatic rings. The molecule has 3 rings (SSSR count). The Bertz CT molecular complexity index is 841. The zero-order valence-corrected chi connectivity index (χ0v) is 12.9. The van der Waals surface area contributed by atoms with E-state index in [0.29, 0.717) is 16.4 Å². The molecule has 2 aromatic heterocycles. The summed E-state index contributed by atoms with van der Waals surface area (Å²) in [7, 11) is 1.90. The SMILES string of the molecule is Cn1nc(CC(N)=S)c2cc(-c3ncccc3Cl)ccc21. The molecule has 106 valence electrons. The lowest BCUT2D eigenvalue weighted by molar-refractivity contribution is 0.779. The zero-order chi connectivity index (χ0) is 15.0. The number of halogens is 1. The molecule has 0 saturated carbocycles. The minimum absolute atomic E-state index is 0.427. The maximum atomic E-state index is 6.22. The Hall–Kier alpha value is -1.98. The molecule has 2 N–H and O–H groups in total. The van der Waals surface area contributed by atoms with Gasteiger partial charge in [0.15, 0.2) is 0 Å². The summed E-state index contributed by atoms with van der Waals surface area (Å²) >= 11 is 11.2. The van der Waals surface area contributed by atoms with E-state index in [-0.39, 0.29) is 0 Å². The Morgan fingerprint density at radius 1 is 1.38 bits per heavy atom. The van der Waals surface area contributed by atoms with Crippen molar-refractivity contribution in [3.8, 4) is 11.3 Å². The molecule has 2 heterocycles. The van der Waals surface area contributed by atoms with Gasteiger partial charge < -0.3 is 5.73 Å². The lowest BCUT2D eigenvalue weighted by Crippen LogP contribution is -2.11. The van der Waals surface area contributed by atoms with Gasteiger partial charge in [0.25, 0.3) is 0 Å². The van der Waals surface area contributed by atoms with Crippen LogP contribution in [0.1, 0.15) is 5.69 Å². The van der Waals surface area contributed by atoms with Crippen LogP contribution in [0.15, 0.2) is 36.5 Å². The van der Waals surface area contributed by atoms with Gasteiger partial charge in [0, 0.05) is 30.6 Å². The molecule has 4 nitrogen and oxygen atoms in total. The van der Waals surface area contributed by atoms with E-state index in [2.05, 4.69) is 10.1 Å². The fourth-order valence-electron chi connectivity index (χ4n) is 2.38. The highest BCUT2D eigenvalue weighted by atomic mass is 35.5. The smallest absolute Gasteiger partial charge is 0.0888 e. The van der Waals surface area contributed by atoms with Crippen molar-refractivity contribution in [2.75, 3.05) is 0 Å². The highest BCUT2D eigenvalue weighted by molar-refractivity contribution is 7.80. The third-order valence-corrected chi connectivity index (χ3v) is 3.75. The van der Waals surface area contributed by atoms with Crippen LogP contribution in [0.5, 0.6) is 0 Å². The number of aryl methyl sites for hydroxylation is 1. The molecule has 0 bridgehead atoms. The summed E-state index contributed by atoms with van der Waals surface area (Å²) in [6, 6.07) is 9.67. The molecule has 0 saturated heterocycles. The molecule has 0 fully saturated rings. The number of rotatable bonds is 3. The molecule has 1 aromatic carbocycles. The van der Waals surface area contributed by atoms with Gasteiger partial charge in [0.2, 0.25) is 0 Å². The predicted octanol–water partition coefficient (Wildman–Crippen LogP) is 3.12. The number of nitrogens with zero attached hydrogens (tertiary/aromatic N) is 3. The fraction of sp³-hybridized carbons (Fsp3) is 0.133. The first-order valence-electron chi connectivity index (χ1n) is 6.41. The summed E-state index contributed by atoms with van der Waals surface area (Å²) in [5.74, 6) is 0. The van der Waals surface area contributed by atoms with E-state index >= 15 is 0 Å². The molecule has 6 heteroatoms. The Morgan fingerprint density at radius 3 is 2.90 bits per heavy atom. The number of thiocarbonyl (C=S) groups is 1. The molecule has 0 aliphatic rings. The van der Waals surface area contributed by atoms with Crippen molar-refractivity contribution in [1.29, 1.82) is 0 Å². The van der Waals surface area contributed by atoms with Crippen LogP contribution in [0, 0.1) is 0 Å². The van der Waals surface area contributed by atoms with Gasteiger partial charge in [-0.2, -0.15) is 5.10 Å². The fourth-order valence-corrected chi connectivity index (χ4v) is 2.75. The Morgan fingerprint density at radius 2 is 2.19 bits per heavy atom. The van der Waals surface area contributed by atoms with Gasteiger partial charge in [-0.3, -0.25) is 9.67 Å². The lowest BCUT2D eigenvalue weighted by atomic mass is 10.1. The van der Waals surface area contributed by atoms with Crippen LogP contribution in [0.4, 0.5) is 0 Å². The summed E-state index contributed by atoms with van der Waals surface area (Å²) in [4.78, 5) is 4.77. The molecule has 0 atom stereocenters. The lowest BCUT2D eigenvalue weighted by Gasteiger charge is -2.04. The average Bonchev–Trinajstić information content (AvgIpc) is 2.75. The number of pyridine rings is 1. The second-order valence-corrected chi connectivity index (χ2v) is 5.71. The summed E-state index contributed by atoms with van der Waals surface area (Å²) < 4.78 is 1.83. The van der Waals surface area contributed by atoms with Crippen LogP contribution in [-0.2, 0) is 13.5 Å². The van der Waals surface area contributed by atoms with Gasteiger partial charge in [-0.15, -0.1) is 0 Å². The Labute approximate surface area is 132 Å². The van der Waals surface area contributed by atoms with Crippen LogP contribution < -0.4 is 5.73 Å². The molecular weight excluding hydrogens is 304 g/mol. The Balaban J connectivity index is 2.19. The largest absolute Gasteiger partial charge is 0.393 e. The van der Waals surface area contributed by atoms with Gasteiger partial charge >= 0.3 is 0 Å². The van der Waals surface area contributed by atoms with E-state index in [1.54, 1.807) is 6.20 Å². The minimum atomic E-state index is 0.427. The monoisotopic (exact) mass is 316 g/mol. The highest BCUT2D eigenvalue weighted by Crippen LogP contribution is 2.29. The predicted molar refractivity (Wildman–Crippen MR) is 89.4 cm³/mol. The van der Waals surface area contributed by atoms with E-state index in [0.717, 1.165) is 27.9 Å². The van der Waals surface area contributed by atoms with Crippen LogP contribution in [0.2, 0.25) is 5.02 Å². The second-order valence-electron chi connectivity index (χ2n) is 4.78.